The van der Waals surface area contributed by atoms with E-state index in [0.29, 0.717) is 0 Å². The fourth-order valence-corrected chi connectivity index (χ4v) is 3.04. The molecule has 1 aliphatic rings. The van der Waals surface area contributed by atoms with E-state index in [0.717, 1.165) is 35.3 Å². The third-order valence-corrected chi connectivity index (χ3v) is 4.31. The lowest BCUT2D eigenvalue weighted by Crippen LogP contribution is -2.33. The van der Waals surface area contributed by atoms with Crippen molar-refractivity contribution in [1.29, 1.82) is 0 Å². The number of piperidine rings is 1. The molecule has 0 radical (unpaired) electrons. The largest absolute Gasteiger partial charge is 0.370 e. The molecule has 0 aliphatic carbocycles. The maximum absolute atomic E-state index is 11.7. The van der Waals surface area contributed by atoms with Crippen LogP contribution < -0.4 is 5.32 Å². The predicted molar refractivity (Wildman–Crippen MR) is 68.2 cm³/mol. The number of carbonyl (C=O) groups excluding carboxylic acids is 1. The Bertz CT molecular complexity index is 361. The molecule has 1 fully saturated rings. The number of thiophene rings is 1. The zero-order chi connectivity index (χ0) is 11.4. The summed E-state index contributed by atoms with van der Waals surface area (Å²) < 4.78 is 6.57. The van der Waals surface area contributed by atoms with Gasteiger partial charge in [0.1, 0.15) is 6.61 Å². The highest BCUT2D eigenvalue weighted by atomic mass is 79.9. The van der Waals surface area contributed by atoms with Crippen molar-refractivity contribution >= 4 is 33.0 Å². The molecular formula is C11H14BrNO2S. The molecule has 0 unspecified atom stereocenters. The minimum atomic E-state index is 0.0780. The predicted octanol–water partition coefficient (Wildman–Crippen LogP) is 2.46. The van der Waals surface area contributed by atoms with E-state index in [2.05, 4.69) is 21.2 Å². The van der Waals surface area contributed by atoms with Gasteiger partial charge in [0.25, 0.3) is 0 Å². The summed E-state index contributed by atoms with van der Waals surface area (Å²) in [6.45, 7) is 2.18. The number of carbonyl (C=O) groups is 1. The molecule has 1 N–H and O–H groups in total. The normalized spacial score (nSPS) is 17.6. The van der Waals surface area contributed by atoms with E-state index in [1.54, 1.807) is 0 Å². The Balaban J connectivity index is 1.79. The third-order valence-electron chi connectivity index (χ3n) is 2.58. The first kappa shape index (κ1) is 12.2. The molecule has 2 heterocycles. The summed E-state index contributed by atoms with van der Waals surface area (Å²) in [5, 5.41) is 5.18. The second-order valence-electron chi connectivity index (χ2n) is 3.81. The van der Waals surface area contributed by atoms with Gasteiger partial charge in [-0.3, -0.25) is 4.79 Å². The van der Waals surface area contributed by atoms with Gasteiger partial charge in [0, 0.05) is 9.85 Å². The molecule has 0 aromatic carbocycles. The molecule has 0 atom stereocenters. The molecule has 88 valence electrons. The second kappa shape index (κ2) is 5.91. The molecule has 16 heavy (non-hydrogen) atoms. The summed E-state index contributed by atoms with van der Waals surface area (Å²) in [4.78, 5) is 12.5. The monoisotopic (exact) mass is 303 g/mol. The van der Waals surface area contributed by atoms with Crippen LogP contribution in [0.1, 0.15) is 22.5 Å². The van der Waals surface area contributed by atoms with Crippen molar-refractivity contribution in [3.05, 3.63) is 20.8 Å². The molecule has 0 bridgehead atoms. The molecule has 2 rings (SSSR count). The molecular weight excluding hydrogens is 290 g/mol. The van der Waals surface area contributed by atoms with Crippen LogP contribution in [0, 0.1) is 0 Å². The van der Waals surface area contributed by atoms with Crippen LogP contribution in [0.5, 0.6) is 0 Å². The Kier molecular flexibility index (Phi) is 4.52. The van der Waals surface area contributed by atoms with Crippen LogP contribution in [-0.2, 0) is 4.74 Å². The Morgan fingerprint density at radius 1 is 1.56 bits per heavy atom. The molecule has 0 saturated carbocycles. The summed E-state index contributed by atoms with van der Waals surface area (Å²) in [5.74, 6) is 0.0780. The SMILES string of the molecule is O=C(COC1CCNCC1)c1cc(Br)cs1. The van der Waals surface area contributed by atoms with Crippen molar-refractivity contribution in [2.45, 2.75) is 18.9 Å². The van der Waals surface area contributed by atoms with Crippen molar-refractivity contribution < 1.29 is 9.53 Å². The highest BCUT2D eigenvalue weighted by molar-refractivity contribution is 9.10. The fraction of sp³-hybridized carbons (Fsp3) is 0.545. The molecule has 5 heteroatoms. The smallest absolute Gasteiger partial charge is 0.198 e. The summed E-state index contributed by atoms with van der Waals surface area (Å²) >= 11 is 4.79. The van der Waals surface area contributed by atoms with Gasteiger partial charge in [-0.15, -0.1) is 11.3 Å². The van der Waals surface area contributed by atoms with Crippen LogP contribution in [0.25, 0.3) is 0 Å². The van der Waals surface area contributed by atoms with Crippen molar-refractivity contribution in [1.82, 2.24) is 5.32 Å². The number of Topliss-reactive ketones (excluding diaryl/α,β-unsaturated/α-hetero) is 1. The van der Waals surface area contributed by atoms with Gasteiger partial charge in [0.05, 0.1) is 11.0 Å². The molecule has 0 spiro atoms. The Labute approximate surface area is 107 Å². The van der Waals surface area contributed by atoms with Gasteiger partial charge in [-0.1, -0.05) is 0 Å². The van der Waals surface area contributed by atoms with Gasteiger partial charge >= 0.3 is 0 Å². The van der Waals surface area contributed by atoms with Gasteiger partial charge in [0.15, 0.2) is 5.78 Å². The highest BCUT2D eigenvalue weighted by Crippen LogP contribution is 2.20. The van der Waals surface area contributed by atoms with Gasteiger partial charge in [-0.25, -0.2) is 0 Å². The van der Waals surface area contributed by atoms with Crippen molar-refractivity contribution in [3.63, 3.8) is 0 Å². The van der Waals surface area contributed by atoms with Crippen molar-refractivity contribution in [3.8, 4) is 0 Å². The van der Waals surface area contributed by atoms with Crippen LogP contribution in [0.15, 0.2) is 15.9 Å². The topological polar surface area (TPSA) is 38.3 Å². The maximum atomic E-state index is 11.7. The zero-order valence-electron chi connectivity index (χ0n) is 8.87. The summed E-state index contributed by atoms with van der Waals surface area (Å²) in [6, 6.07) is 1.85. The molecule has 1 aromatic heterocycles. The number of hydrogen-bond donors (Lipinski definition) is 1. The fourth-order valence-electron chi connectivity index (χ4n) is 1.69. The quantitative estimate of drug-likeness (QED) is 0.869. The standard InChI is InChI=1S/C11H14BrNO2S/c12-8-5-11(16-7-8)10(14)6-15-9-1-3-13-4-2-9/h5,7,9,13H,1-4,6H2. The average Bonchev–Trinajstić information content (AvgIpc) is 2.74. The average molecular weight is 304 g/mol. The van der Waals surface area contributed by atoms with E-state index in [4.69, 9.17) is 4.74 Å². The second-order valence-corrected chi connectivity index (χ2v) is 5.64. The van der Waals surface area contributed by atoms with E-state index in [-0.39, 0.29) is 18.5 Å². The van der Waals surface area contributed by atoms with E-state index in [1.165, 1.54) is 11.3 Å². The molecule has 1 aromatic rings. The maximum Gasteiger partial charge on any atom is 0.198 e. The lowest BCUT2D eigenvalue weighted by atomic mass is 10.1. The minimum absolute atomic E-state index is 0.0780. The van der Waals surface area contributed by atoms with E-state index < -0.39 is 0 Å². The van der Waals surface area contributed by atoms with Gasteiger partial charge in [0.2, 0.25) is 0 Å². The number of hydrogen-bond acceptors (Lipinski definition) is 4. The Morgan fingerprint density at radius 3 is 2.94 bits per heavy atom. The molecule has 1 aliphatic heterocycles. The lowest BCUT2D eigenvalue weighted by Gasteiger charge is -2.22. The van der Waals surface area contributed by atoms with E-state index in [9.17, 15) is 4.79 Å². The van der Waals surface area contributed by atoms with Gasteiger partial charge < -0.3 is 10.1 Å². The summed E-state index contributed by atoms with van der Waals surface area (Å²) in [6.07, 6.45) is 2.25. The van der Waals surface area contributed by atoms with Crippen LogP contribution >= 0.6 is 27.3 Å². The van der Waals surface area contributed by atoms with Crippen molar-refractivity contribution in [2.24, 2.45) is 0 Å². The van der Waals surface area contributed by atoms with E-state index >= 15 is 0 Å². The molecule has 1 saturated heterocycles. The van der Waals surface area contributed by atoms with Gasteiger partial charge in [-0.2, -0.15) is 0 Å². The number of ether oxygens (including phenoxy) is 1. The minimum Gasteiger partial charge on any atom is -0.370 e. The van der Waals surface area contributed by atoms with Crippen LogP contribution in [-0.4, -0.2) is 31.6 Å². The number of nitrogens with one attached hydrogen (secondary N) is 1. The first-order valence-corrected chi connectivity index (χ1v) is 7.02. The Morgan fingerprint density at radius 2 is 2.31 bits per heavy atom. The number of halogens is 1. The van der Waals surface area contributed by atoms with Crippen LogP contribution in [0.2, 0.25) is 0 Å². The van der Waals surface area contributed by atoms with Crippen LogP contribution in [0.4, 0.5) is 0 Å². The third kappa shape index (κ3) is 3.38. The molecule has 3 nitrogen and oxygen atoms in total. The number of rotatable bonds is 4. The number of ketones is 1. The van der Waals surface area contributed by atoms with Gasteiger partial charge in [-0.05, 0) is 47.9 Å². The first-order valence-electron chi connectivity index (χ1n) is 5.35. The Hall–Kier alpha value is -0.230. The van der Waals surface area contributed by atoms with Crippen molar-refractivity contribution in [2.75, 3.05) is 19.7 Å². The highest BCUT2D eigenvalue weighted by Gasteiger charge is 2.16. The summed E-state index contributed by atoms with van der Waals surface area (Å²) in [5.41, 5.74) is 0. The molecule has 0 amide bonds. The van der Waals surface area contributed by atoms with Crippen LogP contribution in [0.3, 0.4) is 0 Å². The first-order chi connectivity index (χ1) is 7.75. The van der Waals surface area contributed by atoms with E-state index in [1.807, 2.05) is 11.4 Å². The zero-order valence-corrected chi connectivity index (χ0v) is 11.3. The summed E-state index contributed by atoms with van der Waals surface area (Å²) in [7, 11) is 0. The lowest BCUT2D eigenvalue weighted by molar-refractivity contribution is 0.0320.